The van der Waals surface area contributed by atoms with Crippen molar-refractivity contribution in [1.82, 2.24) is 0 Å². The van der Waals surface area contributed by atoms with Gasteiger partial charge < -0.3 is 5.11 Å². The van der Waals surface area contributed by atoms with Crippen molar-refractivity contribution in [2.24, 2.45) is 0 Å². The second-order valence-electron chi connectivity index (χ2n) is 4.67. The maximum absolute atomic E-state index is 10.1. The van der Waals surface area contributed by atoms with Crippen LogP contribution in [-0.4, -0.2) is 5.11 Å². The molecule has 0 bridgehead atoms. The van der Waals surface area contributed by atoms with Gasteiger partial charge in [-0.25, -0.2) is 0 Å². The van der Waals surface area contributed by atoms with E-state index < -0.39 is 5.60 Å². The fourth-order valence-corrected chi connectivity index (χ4v) is 2.35. The molecule has 2 aromatic rings. The van der Waals surface area contributed by atoms with Gasteiger partial charge in [0.05, 0.1) is 0 Å². The van der Waals surface area contributed by atoms with Crippen LogP contribution in [0.15, 0.2) is 60.7 Å². The molecule has 1 heteroatoms. The van der Waals surface area contributed by atoms with Crippen LogP contribution >= 0.6 is 0 Å². The van der Waals surface area contributed by atoms with Crippen LogP contribution in [0.1, 0.15) is 24.0 Å². The molecule has 0 saturated carbocycles. The van der Waals surface area contributed by atoms with Crippen LogP contribution in [0.4, 0.5) is 0 Å². The van der Waals surface area contributed by atoms with Crippen molar-refractivity contribution in [3.8, 4) is 12.3 Å². The highest BCUT2D eigenvalue weighted by molar-refractivity contribution is 5.39. The molecule has 0 aromatic heterocycles. The Kier molecular flexibility index (Phi) is 4.39. The first kappa shape index (κ1) is 13.4. The number of benzene rings is 2. The SMILES string of the molecule is C#CC1(O)CCCc2ccccc21.c1ccccc1. The van der Waals surface area contributed by atoms with Gasteiger partial charge in [-0.2, -0.15) is 0 Å². The predicted molar refractivity (Wildman–Crippen MR) is 78.6 cm³/mol. The molecule has 0 fully saturated rings. The normalized spacial score (nSPS) is 20.4. The van der Waals surface area contributed by atoms with Crippen LogP contribution < -0.4 is 0 Å². The molecule has 1 aliphatic carbocycles. The average Bonchev–Trinajstić information content (AvgIpc) is 2.50. The fourth-order valence-electron chi connectivity index (χ4n) is 2.35. The molecule has 0 saturated heterocycles. The molecular formula is C18H18O. The molecule has 2 aromatic carbocycles. The number of hydrogen-bond donors (Lipinski definition) is 1. The minimum Gasteiger partial charge on any atom is -0.373 e. The van der Waals surface area contributed by atoms with E-state index in [4.69, 9.17) is 6.42 Å². The molecule has 19 heavy (non-hydrogen) atoms. The van der Waals surface area contributed by atoms with Crippen molar-refractivity contribution in [3.63, 3.8) is 0 Å². The zero-order valence-electron chi connectivity index (χ0n) is 10.9. The van der Waals surface area contributed by atoms with Crippen molar-refractivity contribution in [2.75, 3.05) is 0 Å². The Morgan fingerprint density at radius 3 is 2.11 bits per heavy atom. The van der Waals surface area contributed by atoms with E-state index in [0.717, 1.165) is 18.4 Å². The van der Waals surface area contributed by atoms with Gasteiger partial charge >= 0.3 is 0 Å². The second kappa shape index (κ2) is 6.22. The molecule has 96 valence electrons. The summed E-state index contributed by atoms with van der Waals surface area (Å²) >= 11 is 0. The molecule has 0 radical (unpaired) electrons. The minimum atomic E-state index is -1.02. The van der Waals surface area contributed by atoms with E-state index in [2.05, 4.69) is 5.92 Å². The first-order valence-electron chi connectivity index (χ1n) is 6.55. The number of terminal acetylenes is 1. The molecule has 1 nitrogen and oxygen atoms in total. The van der Waals surface area contributed by atoms with Gasteiger partial charge in [0, 0.05) is 0 Å². The summed E-state index contributed by atoms with van der Waals surface area (Å²) in [5, 5.41) is 10.1. The summed E-state index contributed by atoms with van der Waals surface area (Å²) in [6.45, 7) is 0. The van der Waals surface area contributed by atoms with Crippen LogP contribution in [0, 0.1) is 12.3 Å². The van der Waals surface area contributed by atoms with E-state index in [1.54, 1.807) is 0 Å². The maximum atomic E-state index is 10.1. The van der Waals surface area contributed by atoms with E-state index in [1.165, 1.54) is 5.56 Å². The summed E-state index contributed by atoms with van der Waals surface area (Å²) in [6, 6.07) is 19.9. The average molecular weight is 250 g/mol. The van der Waals surface area contributed by atoms with Gasteiger partial charge in [-0.3, -0.25) is 0 Å². The number of aryl methyl sites for hydroxylation is 1. The van der Waals surface area contributed by atoms with Gasteiger partial charge in [-0.05, 0) is 30.4 Å². The summed E-state index contributed by atoms with van der Waals surface area (Å²) in [5.74, 6) is 2.49. The van der Waals surface area contributed by atoms with Crippen molar-refractivity contribution >= 4 is 0 Å². The molecule has 0 amide bonds. The quantitative estimate of drug-likeness (QED) is 0.709. The van der Waals surface area contributed by atoms with E-state index in [9.17, 15) is 5.11 Å². The third-order valence-corrected chi connectivity index (χ3v) is 3.35. The number of fused-ring (bicyclic) bond motifs is 1. The molecule has 0 heterocycles. The van der Waals surface area contributed by atoms with Gasteiger partial charge in [-0.1, -0.05) is 66.6 Å². The van der Waals surface area contributed by atoms with Gasteiger partial charge in [0.1, 0.15) is 0 Å². The fraction of sp³-hybridized carbons (Fsp3) is 0.222. The number of rotatable bonds is 0. The Bertz CT molecular complexity index is 527. The van der Waals surface area contributed by atoms with Gasteiger partial charge in [0.25, 0.3) is 0 Å². The van der Waals surface area contributed by atoms with Crippen molar-refractivity contribution in [2.45, 2.75) is 24.9 Å². The third kappa shape index (κ3) is 3.24. The Morgan fingerprint density at radius 2 is 1.53 bits per heavy atom. The Labute approximate surface area is 114 Å². The van der Waals surface area contributed by atoms with Gasteiger partial charge in [-0.15, -0.1) is 6.42 Å². The Hall–Kier alpha value is -2.04. The molecule has 1 aliphatic rings. The summed E-state index contributed by atoms with van der Waals surface area (Å²) in [4.78, 5) is 0. The highest BCUT2D eigenvalue weighted by atomic mass is 16.3. The van der Waals surface area contributed by atoms with E-state index in [1.807, 2.05) is 60.7 Å². The lowest BCUT2D eigenvalue weighted by Crippen LogP contribution is -2.28. The molecule has 3 rings (SSSR count). The summed E-state index contributed by atoms with van der Waals surface area (Å²) < 4.78 is 0. The van der Waals surface area contributed by atoms with Crippen molar-refractivity contribution in [3.05, 3.63) is 71.8 Å². The lowest BCUT2D eigenvalue weighted by molar-refractivity contribution is 0.0806. The zero-order valence-corrected chi connectivity index (χ0v) is 10.9. The summed E-state index contributed by atoms with van der Waals surface area (Å²) in [7, 11) is 0. The number of aliphatic hydroxyl groups is 1. The topological polar surface area (TPSA) is 20.2 Å². The monoisotopic (exact) mass is 250 g/mol. The predicted octanol–water partition coefficient (Wildman–Crippen LogP) is 3.53. The Morgan fingerprint density at radius 1 is 0.947 bits per heavy atom. The molecule has 1 N–H and O–H groups in total. The van der Waals surface area contributed by atoms with Crippen LogP contribution in [0.2, 0.25) is 0 Å². The van der Waals surface area contributed by atoms with Crippen LogP contribution in [0.3, 0.4) is 0 Å². The molecule has 0 aliphatic heterocycles. The minimum absolute atomic E-state index is 0.681. The molecule has 1 atom stereocenters. The lowest BCUT2D eigenvalue weighted by atomic mass is 9.80. The first-order chi connectivity index (χ1) is 9.26. The highest BCUT2D eigenvalue weighted by Crippen LogP contribution is 2.34. The van der Waals surface area contributed by atoms with E-state index in [0.29, 0.717) is 6.42 Å². The maximum Gasteiger partial charge on any atom is 0.150 e. The van der Waals surface area contributed by atoms with Gasteiger partial charge in [0.2, 0.25) is 0 Å². The first-order valence-corrected chi connectivity index (χ1v) is 6.55. The number of hydrogen-bond acceptors (Lipinski definition) is 1. The van der Waals surface area contributed by atoms with E-state index >= 15 is 0 Å². The molecule has 0 spiro atoms. The largest absolute Gasteiger partial charge is 0.373 e. The summed E-state index contributed by atoms with van der Waals surface area (Å²) in [6.07, 6.45) is 8.03. The van der Waals surface area contributed by atoms with Crippen molar-refractivity contribution < 1.29 is 5.11 Å². The van der Waals surface area contributed by atoms with Crippen molar-refractivity contribution in [1.29, 1.82) is 0 Å². The van der Waals surface area contributed by atoms with Gasteiger partial charge in [0.15, 0.2) is 5.60 Å². The Balaban J connectivity index is 0.000000186. The molecule has 1 unspecified atom stereocenters. The third-order valence-electron chi connectivity index (χ3n) is 3.35. The van der Waals surface area contributed by atoms with Crippen LogP contribution in [0.5, 0.6) is 0 Å². The standard InChI is InChI=1S/C12H12O.C6H6/c1-2-12(13)9-5-7-10-6-3-4-8-11(10)12;1-2-4-6-5-3-1/h1,3-4,6,8,13H,5,7,9H2;1-6H. The van der Waals surface area contributed by atoms with E-state index in [-0.39, 0.29) is 0 Å². The van der Waals surface area contributed by atoms with Crippen LogP contribution in [-0.2, 0) is 12.0 Å². The zero-order chi connectivity index (χ0) is 13.6. The smallest absolute Gasteiger partial charge is 0.150 e. The lowest BCUT2D eigenvalue weighted by Gasteiger charge is -2.29. The highest BCUT2D eigenvalue weighted by Gasteiger charge is 2.31. The molecular weight excluding hydrogens is 232 g/mol. The summed E-state index contributed by atoms with van der Waals surface area (Å²) in [5.41, 5.74) is 1.09. The van der Waals surface area contributed by atoms with Crippen LogP contribution in [0.25, 0.3) is 0 Å². The second-order valence-corrected chi connectivity index (χ2v) is 4.67.